The molecule has 0 aliphatic carbocycles. The Labute approximate surface area is 146 Å². The Morgan fingerprint density at radius 3 is 2.36 bits per heavy atom. The first-order valence-electron chi connectivity index (χ1n) is 8.31. The molecule has 1 atom stereocenters. The maximum absolute atomic E-state index is 12.7. The normalized spacial score (nSPS) is 15.7. The minimum atomic E-state index is -0.434. The van der Waals surface area contributed by atoms with Crippen LogP contribution in [-0.2, 0) is 4.79 Å². The number of carbonyl (C=O) groups excluding carboxylic acids is 1. The Morgan fingerprint density at radius 2 is 1.80 bits per heavy atom. The standard InChI is InChI=1S/C18H20N4O3/c1-14(15-5-7-16(8-6-15)22(24)25)18(23)21-12-10-20(11-13-21)17-4-2-3-9-19-17/h2-9,14H,10-13H2,1H3/p+1/t14-/m0/s1. The van der Waals surface area contributed by atoms with Gasteiger partial charge in [-0.1, -0.05) is 18.2 Å². The lowest BCUT2D eigenvalue weighted by molar-refractivity contribution is -0.384. The predicted octanol–water partition coefficient (Wildman–Crippen LogP) is 1.86. The summed E-state index contributed by atoms with van der Waals surface area (Å²) in [5.41, 5.74) is 0.838. The zero-order valence-electron chi connectivity index (χ0n) is 14.1. The summed E-state index contributed by atoms with van der Waals surface area (Å²) >= 11 is 0. The molecule has 1 fully saturated rings. The second-order valence-electron chi connectivity index (χ2n) is 6.13. The number of nitro benzene ring substituents is 1. The lowest BCUT2D eigenvalue weighted by Crippen LogP contribution is -2.50. The summed E-state index contributed by atoms with van der Waals surface area (Å²) in [6, 6.07) is 12.2. The number of H-pyrrole nitrogens is 1. The van der Waals surface area contributed by atoms with Crippen molar-refractivity contribution >= 4 is 17.4 Å². The number of carbonyl (C=O) groups is 1. The first-order valence-corrected chi connectivity index (χ1v) is 8.31. The zero-order chi connectivity index (χ0) is 17.8. The van der Waals surface area contributed by atoms with Crippen molar-refractivity contribution in [2.45, 2.75) is 12.8 Å². The van der Waals surface area contributed by atoms with E-state index in [0.29, 0.717) is 13.1 Å². The fourth-order valence-corrected chi connectivity index (χ4v) is 3.05. The highest BCUT2D eigenvalue weighted by molar-refractivity contribution is 5.83. The van der Waals surface area contributed by atoms with Gasteiger partial charge in [-0.3, -0.25) is 19.8 Å². The second-order valence-corrected chi connectivity index (χ2v) is 6.13. The molecule has 0 saturated carbocycles. The second kappa shape index (κ2) is 7.29. The van der Waals surface area contributed by atoms with Gasteiger partial charge in [-0.15, -0.1) is 0 Å². The third kappa shape index (κ3) is 3.76. The number of hydrogen-bond acceptors (Lipinski definition) is 4. The van der Waals surface area contributed by atoms with Crippen LogP contribution in [0.25, 0.3) is 0 Å². The van der Waals surface area contributed by atoms with Gasteiger partial charge in [0.1, 0.15) is 13.1 Å². The van der Waals surface area contributed by atoms with Crippen molar-refractivity contribution in [1.82, 2.24) is 4.90 Å². The van der Waals surface area contributed by atoms with Gasteiger partial charge >= 0.3 is 0 Å². The molecule has 1 amide bonds. The van der Waals surface area contributed by atoms with Crippen molar-refractivity contribution in [2.24, 2.45) is 0 Å². The van der Waals surface area contributed by atoms with Crippen molar-refractivity contribution in [3.8, 4) is 0 Å². The van der Waals surface area contributed by atoms with E-state index in [-0.39, 0.29) is 17.5 Å². The quantitative estimate of drug-likeness (QED) is 0.628. The maximum atomic E-state index is 12.7. The van der Waals surface area contributed by atoms with Gasteiger partial charge in [-0.2, -0.15) is 0 Å². The van der Waals surface area contributed by atoms with E-state index in [1.807, 2.05) is 36.2 Å². The highest BCUT2D eigenvalue weighted by Gasteiger charge is 2.29. The number of aromatic nitrogens is 1. The number of pyridine rings is 1. The Bertz CT molecular complexity index is 741. The fraction of sp³-hybridized carbons (Fsp3) is 0.333. The van der Waals surface area contributed by atoms with E-state index in [4.69, 9.17) is 0 Å². The third-order valence-corrected chi connectivity index (χ3v) is 4.60. The smallest absolute Gasteiger partial charge is 0.274 e. The number of anilines is 1. The van der Waals surface area contributed by atoms with Crippen LogP contribution < -0.4 is 9.88 Å². The molecule has 3 rings (SSSR count). The summed E-state index contributed by atoms with van der Waals surface area (Å²) in [7, 11) is 0. The van der Waals surface area contributed by atoms with E-state index < -0.39 is 4.92 Å². The van der Waals surface area contributed by atoms with Crippen LogP contribution in [0.5, 0.6) is 0 Å². The van der Waals surface area contributed by atoms with Gasteiger partial charge in [-0.05, 0) is 18.6 Å². The molecular formula is C18H21N4O3+. The first-order chi connectivity index (χ1) is 12.1. The molecule has 2 heterocycles. The molecule has 1 aliphatic heterocycles. The number of piperazine rings is 1. The average Bonchev–Trinajstić information content (AvgIpc) is 2.67. The zero-order valence-corrected chi connectivity index (χ0v) is 14.1. The minimum absolute atomic E-state index is 0.0381. The maximum Gasteiger partial charge on any atom is 0.274 e. The van der Waals surface area contributed by atoms with Crippen LogP contribution in [0.15, 0.2) is 48.7 Å². The molecule has 2 aromatic rings. The van der Waals surface area contributed by atoms with Crippen LogP contribution >= 0.6 is 0 Å². The molecule has 1 aromatic carbocycles. The molecule has 0 unspecified atom stereocenters. The summed E-state index contributed by atoms with van der Waals surface area (Å²) in [6.45, 7) is 4.73. The molecule has 1 N–H and O–H groups in total. The molecule has 0 radical (unpaired) electrons. The van der Waals surface area contributed by atoms with E-state index in [0.717, 1.165) is 24.5 Å². The molecule has 130 valence electrons. The van der Waals surface area contributed by atoms with Crippen molar-refractivity contribution in [3.05, 3.63) is 64.3 Å². The van der Waals surface area contributed by atoms with E-state index in [1.165, 1.54) is 12.1 Å². The first kappa shape index (κ1) is 16.9. The molecule has 1 aliphatic rings. The van der Waals surface area contributed by atoms with E-state index in [2.05, 4.69) is 9.88 Å². The van der Waals surface area contributed by atoms with Crippen molar-refractivity contribution in [2.75, 3.05) is 31.1 Å². The average molecular weight is 341 g/mol. The molecule has 7 heteroatoms. The van der Waals surface area contributed by atoms with Crippen LogP contribution in [-0.4, -0.2) is 41.9 Å². The molecule has 0 bridgehead atoms. The van der Waals surface area contributed by atoms with Gasteiger partial charge < -0.3 is 4.90 Å². The Morgan fingerprint density at radius 1 is 1.12 bits per heavy atom. The van der Waals surface area contributed by atoms with Crippen LogP contribution in [0.3, 0.4) is 0 Å². The van der Waals surface area contributed by atoms with Gasteiger partial charge in [-0.25, -0.2) is 4.98 Å². The van der Waals surface area contributed by atoms with Gasteiger partial charge in [0.25, 0.3) is 11.5 Å². The van der Waals surface area contributed by atoms with Gasteiger partial charge in [0, 0.05) is 18.2 Å². The number of nitrogens with zero attached hydrogens (tertiary/aromatic N) is 3. The van der Waals surface area contributed by atoms with Crippen molar-refractivity contribution in [1.29, 1.82) is 0 Å². The van der Waals surface area contributed by atoms with Gasteiger partial charge in [0.15, 0.2) is 0 Å². The SMILES string of the molecule is C[C@H](C(=O)N1CCN(c2cccc[nH+]2)CC1)c1ccc([N+](=O)[O-])cc1. The number of nitrogens with one attached hydrogen (secondary N) is 1. The number of amides is 1. The van der Waals surface area contributed by atoms with E-state index in [9.17, 15) is 14.9 Å². The van der Waals surface area contributed by atoms with Crippen LogP contribution in [0.1, 0.15) is 18.4 Å². The Balaban J connectivity index is 1.61. The van der Waals surface area contributed by atoms with Gasteiger partial charge in [0.05, 0.1) is 30.1 Å². The topological polar surface area (TPSA) is 80.8 Å². The predicted molar refractivity (Wildman–Crippen MR) is 93.3 cm³/mol. The third-order valence-electron chi connectivity index (χ3n) is 4.60. The van der Waals surface area contributed by atoms with Gasteiger partial charge in [0.2, 0.25) is 5.91 Å². The summed E-state index contributed by atoms with van der Waals surface area (Å²) in [5, 5.41) is 10.7. The lowest BCUT2D eigenvalue weighted by atomic mass is 9.99. The lowest BCUT2D eigenvalue weighted by Gasteiger charge is -2.32. The minimum Gasteiger partial charge on any atom is -0.334 e. The summed E-state index contributed by atoms with van der Waals surface area (Å²) in [4.78, 5) is 30.3. The number of benzene rings is 1. The van der Waals surface area contributed by atoms with E-state index >= 15 is 0 Å². The Hall–Kier alpha value is -2.96. The number of nitro groups is 1. The summed E-state index contributed by atoms with van der Waals surface area (Å²) in [6.07, 6.45) is 1.89. The van der Waals surface area contributed by atoms with E-state index in [1.54, 1.807) is 12.1 Å². The van der Waals surface area contributed by atoms with Crippen LogP contribution in [0.4, 0.5) is 11.5 Å². The molecule has 7 nitrogen and oxygen atoms in total. The van der Waals surface area contributed by atoms with Crippen LogP contribution in [0, 0.1) is 10.1 Å². The molecule has 1 aromatic heterocycles. The molecule has 0 spiro atoms. The van der Waals surface area contributed by atoms with Crippen LogP contribution in [0.2, 0.25) is 0 Å². The van der Waals surface area contributed by atoms with Crippen molar-refractivity contribution < 1.29 is 14.7 Å². The number of aromatic amines is 1. The Kier molecular flexibility index (Phi) is 4.92. The largest absolute Gasteiger partial charge is 0.334 e. The fourth-order valence-electron chi connectivity index (χ4n) is 3.05. The summed E-state index contributed by atoms with van der Waals surface area (Å²) < 4.78 is 0. The monoisotopic (exact) mass is 341 g/mol. The number of rotatable bonds is 4. The molecule has 1 saturated heterocycles. The highest BCUT2D eigenvalue weighted by Crippen LogP contribution is 2.22. The molecular weight excluding hydrogens is 320 g/mol. The molecule has 25 heavy (non-hydrogen) atoms. The number of non-ortho nitro benzene ring substituents is 1. The summed E-state index contributed by atoms with van der Waals surface area (Å²) in [5.74, 6) is 0.805. The highest BCUT2D eigenvalue weighted by atomic mass is 16.6. The number of hydrogen-bond donors (Lipinski definition) is 0. The van der Waals surface area contributed by atoms with Crippen molar-refractivity contribution in [3.63, 3.8) is 0 Å².